The summed E-state index contributed by atoms with van der Waals surface area (Å²) in [6.07, 6.45) is -3.57. The lowest BCUT2D eigenvalue weighted by atomic mass is 10.1. The lowest BCUT2D eigenvalue weighted by Gasteiger charge is -2.35. The average Bonchev–Trinajstić information content (AvgIpc) is 2.76. The van der Waals surface area contributed by atoms with Gasteiger partial charge in [0, 0.05) is 39.0 Å². The number of rotatable bonds is 7. The molecule has 1 aromatic carbocycles. The normalized spacial score (nSPS) is 14.7. The Balaban J connectivity index is 1.59. The maximum absolute atomic E-state index is 13.0. The summed E-state index contributed by atoms with van der Waals surface area (Å²) in [5.74, 6) is 0.839. The quantitative estimate of drug-likeness (QED) is 0.639. The molecule has 0 bridgehead atoms. The second-order valence-electron chi connectivity index (χ2n) is 6.72. The van der Waals surface area contributed by atoms with Gasteiger partial charge in [0.05, 0.1) is 17.7 Å². The minimum Gasteiger partial charge on any atom is -0.490 e. The van der Waals surface area contributed by atoms with Crippen molar-refractivity contribution in [3.63, 3.8) is 0 Å². The molecule has 2 aromatic rings. The van der Waals surface area contributed by atoms with Crippen LogP contribution in [0.2, 0.25) is 0 Å². The molecule has 0 atom stereocenters. The summed E-state index contributed by atoms with van der Waals surface area (Å²) in [6.45, 7) is 5.14. The van der Waals surface area contributed by atoms with Crippen molar-refractivity contribution in [3.8, 4) is 5.75 Å². The number of amides is 1. The Morgan fingerprint density at radius 3 is 2.43 bits per heavy atom. The van der Waals surface area contributed by atoms with Crippen molar-refractivity contribution in [1.29, 1.82) is 0 Å². The highest BCUT2D eigenvalue weighted by atomic mass is 19.4. The Morgan fingerprint density at radius 2 is 1.80 bits per heavy atom. The zero-order chi connectivity index (χ0) is 21.6. The summed E-state index contributed by atoms with van der Waals surface area (Å²) in [4.78, 5) is 20.5. The van der Waals surface area contributed by atoms with Crippen molar-refractivity contribution >= 4 is 11.7 Å². The van der Waals surface area contributed by atoms with E-state index in [1.807, 2.05) is 11.8 Å². The molecule has 162 valence electrons. The standard InChI is InChI=1S/C21H24F3N3O3/c1-2-29-13-14-30-18-6-4-3-5-17(18)20(28)27-11-9-26(10-12-27)19-8-7-16(15-25-19)21(22,23)24/h3-8,15H,2,9-14H2,1H3. The fourth-order valence-corrected chi connectivity index (χ4v) is 3.17. The summed E-state index contributed by atoms with van der Waals surface area (Å²) < 4.78 is 49.0. The van der Waals surface area contributed by atoms with Crippen molar-refractivity contribution in [2.75, 3.05) is 50.9 Å². The van der Waals surface area contributed by atoms with Gasteiger partial charge in [0.2, 0.25) is 0 Å². The minimum absolute atomic E-state index is 0.137. The van der Waals surface area contributed by atoms with Crippen molar-refractivity contribution in [2.45, 2.75) is 13.1 Å². The van der Waals surface area contributed by atoms with E-state index in [-0.39, 0.29) is 5.91 Å². The number of benzene rings is 1. The minimum atomic E-state index is -4.41. The first kappa shape index (κ1) is 21.9. The fraction of sp³-hybridized carbons (Fsp3) is 0.429. The molecule has 1 fully saturated rings. The molecule has 1 amide bonds. The molecule has 3 rings (SSSR count). The van der Waals surface area contributed by atoms with Crippen molar-refractivity contribution < 1.29 is 27.4 Å². The fourth-order valence-electron chi connectivity index (χ4n) is 3.17. The number of anilines is 1. The molecule has 0 radical (unpaired) electrons. The van der Waals surface area contributed by atoms with E-state index < -0.39 is 11.7 Å². The van der Waals surface area contributed by atoms with Crippen LogP contribution in [0, 0.1) is 0 Å². The van der Waals surface area contributed by atoms with Crippen LogP contribution in [-0.4, -0.2) is 61.8 Å². The molecule has 1 aromatic heterocycles. The monoisotopic (exact) mass is 423 g/mol. The van der Waals surface area contributed by atoms with Gasteiger partial charge in [-0.05, 0) is 31.2 Å². The van der Waals surface area contributed by atoms with E-state index in [0.717, 1.165) is 12.3 Å². The molecular weight excluding hydrogens is 399 g/mol. The molecule has 6 nitrogen and oxygen atoms in total. The lowest BCUT2D eigenvalue weighted by Crippen LogP contribution is -2.49. The number of aromatic nitrogens is 1. The topological polar surface area (TPSA) is 54.9 Å². The summed E-state index contributed by atoms with van der Waals surface area (Å²) in [5, 5.41) is 0. The van der Waals surface area contributed by atoms with Crippen LogP contribution in [0.3, 0.4) is 0 Å². The van der Waals surface area contributed by atoms with Crippen LogP contribution in [0.5, 0.6) is 5.75 Å². The number of alkyl halides is 3. The van der Waals surface area contributed by atoms with Gasteiger partial charge in [-0.15, -0.1) is 0 Å². The first-order valence-electron chi connectivity index (χ1n) is 9.77. The van der Waals surface area contributed by atoms with Crippen molar-refractivity contribution in [3.05, 3.63) is 53.7 Å². The van der Waals surface area contributed by atoms with E-state index in [1.165, 1.54) is 6.07 Å². The third-order valence-electron chi connectivity index (χ3n) is 4.77. The Hall–Kier alpha value is -2.81. The predicted molar refractivity (Wildman–Crippen MR) is 106 cm³/mol. The average molecular weight is 423 g/mol. The first-order valence-corrected chi connectivity index (χ1v) is 9.77. The number of pyridine rings is 1. The van der Waals surface area contributed by atoms with Gasteiger partial charge in [-0.1, -0.05) is 12.1 Å². The summed E-state index contributed by atoms with van der Waals surface area (Å²) >= 11 is 0. The highest BCUT2D eigenvalue weighted by Crippen LogP contribution is 2.29. The third-order valence-corrected chi connectivity index (χ3v) is 4.77. The number of carbonyl (C=O) groups excluding carboxylic acids is 1. The lowest BCUT2D eigenvalue weighted by molar-refractivity contribution is -0.137. The molecule has 1 aliphatic heterocycles. The van der Waals surface area contributed by atoms with E-state index in [1.54, 1.807) is 29.2 Å². The zero-order valence-electron chi connectivity index (χ0n) is 16.7. The maximum Gasteiger partial charge on any atom is 0.417 e. The Morgan fingerprint density at radius 1 is 1.07 bits per heavy atom. The van der Waals surface area contributed by atoms with E-state index in [0.29, 0.717) is 63.1 Å². The summed E-state index contributed by atoms with van der Waals surface area (Å²) in [6, 6.07) is 9.45. The van der Waals surface area contributed by atoms with Crippen LogP contribution < -0.4 is 9.64 Å². The molecule has 9 heteroatoms. The molecule has 2 heterocycles. The SMILES string of the molecule is CCOCCOc1ccccc1C(=O)N1CCN(c2ccc(C(F)(F)F)cn2)CC1. The molecular formula is C21H24F3N3O3. The largest absolute Gasteiger partial charge is 0.490 e. The molecule has 30 heavy (non-hydrogen) atoms. The van der Waals surface area contributed by atoms with Crippen LogP contribution >= 0.6 is 0 Å². The van der Waals surface area contributed by atoms with Gasteiger partial charge in [-0.25, -0.2) is 4.98 Å². The zero-order valence-corrected chi connectivity index (χ0v) is 16.7. The molecule has 0 unspecified atom stereocenters. The number of hydrogen-bond donors (Lipinski definition) is 0. The number of para-hydroxylation sites is 1. The molecule has 0 N–H and O–H groups in total. The van der Waals surface area contributed by atoms with E-state index in [4.69, 9.17) is 9.47 Å². The van der Waals surface area contributed by atoms with Gasteiger partial charge in [-0.2, -0.15) is 13.2 Å². The van der Waals surface area contributed by atoms with Crippen LogP contribution in [-0.2, 0) is 10.9 Å². The maximum atomic E-state index is 13.0. The molecule has 1 aliphatic rings. The van der Waals surface area contributed by atoms with Gasteiger partial charge in [0.15, 0.2) is 0 Å². The number of hydrogen-bond acceptors (Lipinski definition) is 5. The third kappa shape index (κ3) is 5.41. The van der Waals surface area contributed by atoms with E-state index in [2.05, 4.69) is 4.98 Å². The Labute approximate surface area is 173 Å². The molecule has 0 spiro atoms. The number of halogens is 3. The van der Waals surface area contributed by atoms with Crippen LogP contribution in [0.4, 0.5) is 19.0 Å². The number of piperazine rings is 1. The van der Waals surface area contributed by atoms with Gasteiger partial charge in [-0.3, -0.25) is 4.79 Å². The van der Waals surface area contributed by atoms with Crippen LogP contribution in [0.1, 0.15) is 22.8 Å². The Bertz CT molecular complexity index is 835. The predicted octanol–water partition coefficient (Wildman–Crippen LogP) is 3.48. The number of carbonyl (C=O) groups is 1. The highest BCUT2D eigenvalue weighted by Gasteiger charge is 2.31. The smallest absolute Gasteiger partial charge is 0.417 e. The van der Waals surface area contributed by atoms with Crippen LogP contribution in [0.25, 0.3) is 0 Å². The highest BCUT2D eigenvalue weighted by molar-refractivity contribution is 5.97. The second-order valence-corrected chi connectivity index (χ2v) is 6.72. The van der Waals surface area contributed by atoms with E-state index in [9.17, 15) is 18.0 Å². The van der Waals surface area contributed by atoms with E-state index >= 15 is 0 Å². The Kier molecular flexibility index (Phi) is 7.15. The van der Waals surface area contributed by atoms with Crippen LogP contribution in [0.15, 0.2) is 42.6 Å². The van der Waals surface area contributed by atoms with Gasteiger partial charge in [0.25, 0.3) is 5.91 Å². The number of nitrogens with zero attached hydrogens (tertiary/aromatic N) is 3. The molecule has 0 aliphatic carbocycles. The second kappa shape index (κ2) is 9.80. The van der Waals surface area contributed by atoms with Gasteiger partial charge in [0.1, 0.15) is 18.2 Å². The summed E-state index contributed by atoms with van der Waals surface area (Å²) in [7, 11) is 0. The number of ether oxygens (including phenoxy) is 2. The molecule has 1 saturated heterocycles. The van der Waals surface area contributed by atoms with Crippen molar-refractivity contribution in [1.82, 2.24) is 9.88 Å². The first-order chi connectivity index (χ1) is 14.4. The molecule has 0 saturated carbocycles. The van der Waals surface area contributed by atoms with Gasteiger partial charge < -0.3 is 19.3 Å². The van der Waals surface area contributed by atoms with Gasteiger partial charge >= 0.3 is 6.18 Å². The van der Waals surface area contributed by atoms with Crippen molar-refractivity contribution in [2.24, 2.45) is 0 Å². The summed E-state index contributed by atoms with van der Waals surface area (Å²) in [5.41, 5.74) is -0.295.